The van der Waals surface area contributed by atoms with Gasteiger partial charge < -0.3 is 0 Å². The first-order chi connectivity index (χ1) is 8.66. The van der Waals surface area contributed by atoms with E-state index in [-0.39, 0.29) is 5.69 Å². The molecule has 0 amide bonds. The van der Waals surface area contributed by atoms with Crippen LogP contribution in [0.15, 0.2) is 48.5 Å². The number of halogens is 1. The molecule has 4 heteroatoms. The van der Waals surface area contributed by atoms with Crippen LogP contribution in [0.4, 0.5) is 5.69 Å². The topological polar surface area (TPSA) is 43.1 Å². The summed E-state index contributed by atoms with van der Waals surface area (Å²) in [6, 6.07) is 13.7. The molecule has 0 fully saturated rings. The Bertz CT molecular complexity index is 642. The largest absolute Gasteiger partial charge is 0.286 e. The van der Waals surface area contributed by atoms with Crippen LogP contribution in [0.5, 0.6) is 0 Å². The molecule has 0 bridgehead atoms. The normalized spacial score (nSPS) is 9.39. The highest BCUT2D eigenvalue weighted by atomic mass is 35.5. The maximum absolute atomic E-state index is 10.9. The summed E-state index contributed by atoms with van der Waals surface area (Å²) in [7, 11) is 0. The second-order valence-electron chi connectivity index (χ2n) is 3.53. The highest BCUT2D eigenvalue weighted by Gasteiger charge is 2.12. The molecule has 0 spiro atoms. The predicted octanol–water partition coefficient (Wildman–Crippen LogP) is 3.65. The number of nitro groups is 1. The number of rotatable bonds is 1. The zero-order valence-corrected chi connectivity index (χ0v) is 10.0. The minimum absolute atomic E-state index is 0.0778. The van der Waals surface area contributed by atoms with E-state index in [1.54, 1.807) is 12.1 Å². The highest BCUT2D eigenvalue weighted by Crippen LogP contribution is 2.22. The van der Waals surface area contributed by atoms with Crippen LogP contribution >= 0.6 is 11.6 Å². The Hall–Kier alpha value is -2.31. The van der Waals surface area contributed by atoms with Gasteiger partial charge in [-0.25, -0.2) is 0 Å². The van der Waals surface area contributed by atoms with E-state index < -0.39 is 4.92 Å². The molecule has 2 aromatic rings. The lowest BCUT2D eigenvalue weighted by atomic mass is 10.1. The first kappa shape index (κ1) is 12.2. The van der Waals surface area contributed by atoms with Crippen molar-refractivity contribution in [3.05, 3.63) is 74.8 Å². The number of hydrogen-bond donors (Lipinski definition) is 0. The van der Waals surface area contributed by atoms with E-state index in [1.807, 2.05) is 30.3 Å². The van der Waals surface area contributed by atoms with Crippen molar-refractivity contribution in [3.63, 3.8) is 0 Å². The smallest absolute Gasteiger partial charge is 0.258 e. The number of nitrogens with zero attached hydrogens (tertiary/aromatic N) is 1. The fourth-order valence-corrected chi connectivity index (χ4v) is 1.59. The van der Waals surface area contributed by atoms with Crippen LogP contribution in [-0.2, 0) is 0 Å². The zero-order chi connectivity index (χ0) is 13.0. The van der Waals surface area contributed by atoms with Crippen molar-refractivity contribution in [2.75, 3.05) is 0 Å². The van der Waals surface area contributed by atoms with Crippen LogP contribution < -0.4 is 0 Å². The third-order valence-electron chi connectivity index (χ3n) is 2.27. The summed E-state index contributed by atoms with van der Waals surface area (Å²) in [6.45, 7) is 0. The van der Waals surface area contributed by atoms with E-state index in [0.29, 0.717) is 10.6 Å². The van der Waals surface area contributed by atoms with Crippen molar-refractivity contribution >= 4 is 17.3 Å². The van der Waals surface area contributed by atoms with Crippen LogP contribution in [0.2, 0.25) is 5.02 Å². The Morgan fingerprint density at radius 3 is 2.44 bits per heavy atom. The Balaban J connectivity index is 2.41. The van der Waals surface area contributed by atoms with Gasteiger partial charge in [-0.2, -0.15) is 0 Å². The molecule has 0 N–H and O–H groups in total. The van der Waals surface area contributed by atoms with Crippen LogP contribution in [0, 0.1) is 22.0 Å². The van der Waals surface area contributed by atoms with Gasteiger partial charge in [-0.3, -0.25) is 10.1 Å². The quantitative estimate of drug-likeness (QED) is 0.445. The van der Waals surface area contributed by atoms with E-state index in [2.05, 4.69) is 11.8 Å². The Morgan fingerprint density at radius 2 is 1.78 bits per heavy atom. The molecule has 0 aliphatic carbocycles. The molecule has 0 saturated carbocycles. The van der Waals surface area contributed by atoms with Gasteiger partial charge in [0.2, 0.25) is 0 Å². The van der Waals surface area contributed by atoms with Gasteiger partial charge in [0.1, 0.15) is 5.56 Å². The summed E-state index contributed by atoms with van der Waals surface area (Å²) >= 11 is 5.73. The molecule has 0 radical (unpaired) electrons. The van der Waals surface area contributed by atoms with E-state index >= 15 is 0 Å². The van der Waals surface area contributed by atoms with Crippen LogP contribution in [0.1, 0.15) is 11.1 Å². The van der Waals surface area contributed by atoms with Gasteiger partial charge in [0.25, 0.3) is 5.69 Å². The zero-order valence-electron chi connectivity index (χ0n) is 9.26. The van der Waals surface area contributed by atoms with Crippen molar-refractivity contribution < 1.29 is 4.92 Å². The van der Waals surface area contributed by atoms with Crippen molar-refractivity contribution in [3.8, 4) is 11.8 Å². The first-order valence-electron chi connectivity index (χ1n) is 5.18. The summed E-state index contributed by atoms with van der Waals surface area (Å²) in [6.07, 6.45) is 0. The number of nitro benzene ring substituents is 1. The second-order valence-corrected chi connectivity index (χ2v) is 3.97. The van der Waals surface area contributed by atoms with Gasteiger partial charge in [-0.05, 0) is 24.3 Å². The maximum atomic E-state index is 10.9. The lowest BCUT2D eigenvalue weighted by Crippen LogP contribution is -1.91. The lowest BCUT2D eigenvalue weighted by Gasteiger charge is -1.96. The van der Waals surface area contributed by atoms with Gasteiger partial charge in [0.15, 0.2) is 0 Å². The Kier molecular flexibility index (Phi) is 3.61. The van der Waals surface area contributed by atoms with Crippen LogP contribution in [-0.4, -0.2) is 4.92 Å². The number of benzene rings is 2. The van der Waals surface area contributed by atoms with E-state index in [9.17, 15) is 10.1 Å². The minimum Gasteiger partial charge on any atom is -0.258 e. The van der Waals surface area contributed by atoms with E-state index in [1.165, 1.54) is 6.07 Å². The SMILES string of the molecule is O=[N+]([O-])c1cc(Cl)ccc1C#Cc1ccccc1. The fraction of sp³-hybridized carbons (Fsp3) is 0. The van der Waals surface area contributed by atoms with Gasteiger partial charge in [0.05, 0.1) is 4.92 Å². The van der Waals surface area contributed by atoms with Crippen LogP contribution in [0.25, 0.3) is 0 Å². The Morgan fingerprint density at radius 1 is 1.06 bits per heavy atom. The third kappa shape index (κ3) is 2.88. The molecule has 0 aliphatic heterocycles. The van der Waals surface area contributed by atoms with Gasteiger partial charge in [-0.15, -0.1) is 0 Å². The average Bonchev–Trinajstić information content (AvgIpc) is 2.38. The standard InChI is InChI=1S/C14H8ClNO2/c15-13-9-8-12(14(10-13)16(17)18)7-6-11-4-2-1-3-5-11/h1-5,8-10H. The molecular weight excluding hydrogens is 250 g/mol. The van der Waals surface area contributed by atoms with Crippen molar-refractivity contribution in [2.24, 2.45) is 0 Å². The molecule has 88 valence electrons. The molecular formula is C14H8ClNO2. The molecule has 0 aliphatic rings. The number of hydrogen-bond acceptors (Lipinski definition) is 2. The van der Waals surface area contributed by atoms with Gasteiger partial charge >= 0.3 is 0 Å². The average molecular weight is 258 g/mol. The molecule has 0 aromatic heterocycles. The molecule has 0 unspecified atom stereocenters. The van der Waals surface area contributed by atoms with Crippen molar-refractivity contribution in [1.29, 1.82) is 0 Å². The first-order valence-corrected chi connectivity index (χ1v) is 5.55. The molecule has 3 nitrogen and oxygen atoms in total. The maximum Gasteiger partial charge on any atom is 0.286 e. The monoisotopic (exact) mass is 257 g/mol. The molecule has 18 heavy (non-hydrogen) atoms. The molecule has 2 aromatic carbocycles. The predicted molar refractivity (Wildman–Crippen MR) is 70.5 cm³/mol. The van der Waals surface area contributed by atoms with Gasteiger partial charge in [0, 0.05) is 16.7 Å². The third-order valence-corrected chi connectivity index (χ3v) is 2.51. The summed E-state index contributed by atoms with van der Waals surface area (Å²) in [5.41, 5.74) is 1.08. The molecule has 0 saturated heterocycles. The Labute approximate surface area is 109 Å². The van der Waals surface area contributed by atoms with Gasteiger partial charge in [-0.1, -0.05) is 41.6 Å². The minimum atomic E-state index is -0.485. The fourth-order valence-electron chi connectivity index (χ4n) is 1.42. The van der Waals surface area contributed by atoms with Crippen molar-refractivity contribution in [1.82, 2.24) is 0 Å². The molecule has 0 heterocycles. The summed E-state index contributed by atoms with van der Waals surface area (Å²) in [4.78, 5) is 10.4. The molecule has 2 rings (SSSR count). The van der Waals surface area contributed by atoms with Crippen molar-refractivity contribution in [2.45, 2.75) is 0 Å². The van der Waals surface area contributed by atoms with E-state index in [0.717, 1.165) is 5.56 Å². The lowest BCUT2D eigenvalue weighted by molar-refractivity contribution is -0.385. The van der Waals surface area contributed by atoms with E-state index in [4.69, 9.17) is 11.6 Å². The highest BCUT2D eigenvalue weighted by molar-refractivity contribution is 6.30. The van der Waals surface area contributed by atoms with Crippen LogP contribution in [0.3, 0.4) is 0 Å². The summed E-state index contributed by atoms with van der Waals surface area (Å²) in [5.74, 6) is 5.67. The molecule has 0 atom stereocenters. The second kappa shape index (κ2) is 5.35. The summed E-state index contributed by atoms with van der Waals surface area (Å²) in [5, 5.41) is 11.2. The summed E-state index contributed by atoms with van der Waals surface area (Å²) < 4.78 is 0.